The molecule has 0 bridgehead atoms. The zero-order valence-electron chi connectivity index (χ0n) is 13.9. The summed E-state index contributed by atoms with van der Waals surface area (Å²) in [7, 11) is 0. The highest BCUT2D eigenvalue weighted by Gasteiger charge is 2.25. The number of rotatable bonds is 5. The molecule has 9 heteroatoms. The van der Waals surface area contributed by atoms with Crippen LogP contribution in [0.15, 0.2) is 42.5 Å². The van der Waals surface area contributed by atoms with Gasteiger partial charge in [-0.1, -0.05) is 46.9 Å². The lowest BCUT2D eigenvalue weighted by molar-refractivity contribution is 0.0689. The minimum atomic E-state index is -1.09. The average Bonchev–Trinajstić information content (AvgIpc) is 2.95. The monoisotopic (exact) mass is 462 g/mol. The third-order valence-corrected chi connectivity index (χ3v) is 5.10. The van der Waals surface area contributed by atoms with Crippen molar-refractivity contribution < 1.29 is 9.90 Å². The molecular formula is C18H14Cl4N2O2S. The number of carbonyl (C=O) groups is 1. The van der Waals surface area contributed by atoms with Gasteiger partial charge in [-0.05, 0) is 36.6 Å². The number of benzene rings is 2. The quantitative estimate of drug-likeness (QED) is 0.470. The molecule has 3 rings (SSSR count). The van der Waals surface area contributed by atoms with E-state index in [-0.39, 0.29) is 18.1 Å². The van der Waals surface area contributed by atoms with Crippen LogP contribution in [0, 0.1) is 0 Å². The van der Waals surface area contributed by atoms with Gasteiger partial charge in [0.2, 0.25) is 0 Å². The van der Waals surface area contributed by atoms with Gasteiger partial charge in [0.15, 0.2) is 5.69 Å². The molecule has 0 aliphatic heterocycles. The Kier molecular flexibility index (Phi) is 7.48. The Balaban J connectivity index is 0.00000261. The van der Waals surface area contributed by atoms with E-state index in [0.29, 0.717) is 37.8 Å². The summed E-state index contributed by atoms with van der Waals surface area (Å²) in [5, 5.41) is 15.4. The van der Waals surface area contributed by atoms with E-state index in [1.54, 1.807) is 35.0 Å². The van der Waals surface area contributed by atoms with Gasteiger partial charge in [0, 0.05) is 26.9 Å². The molecule has 2 aromatic carbocycles. The van der Waals surface area contributed by atoms with E-state index in [2.05, 4.69) is 5.10 Å². The molecule has 0 aliphatic carbocycles. The van der Waals surface area contributed by atoms with Crippen LogP contribution < -0.4 is 0 Å². The fraction of sp³-hybridized carbons (Fsp3) is 0.111. The molecule has 0 atom stereocenters. The highest BCUT2D eigenvalue weighted by atomic mass is 35.5. The van der Waals surface area contributed by atoms with Crippen LogP contribution in [0.3, 0.4) is 0 Å². The van der Waals surface area contributed by atoms with Gasteiger partial charge in [0.25, 0.3) is 0 Å². The summed E-state index contributed by atoms with van der Waals surface area (Å²) in [5.41, 5.74) is 2.63. The third kappa shape index (κ3) is 4.55. The first-order chi connectivity index (χ1) is 12.4. The first kappa shape index (κ1) is 21.9. The third-order valence-electron chi connectivity index (χ3n) is 3.73. The Morgan fingerprint density at radius 1 is 1.11 bits per heavy atom. The Morgan fingerprint density at radius 2 is 1.74 bits per heavy atom. The molecule has 0 saturated carbocycles. The van der Waals surface area contributed by atoms with E-state index >= 15 is 0 Å². The topological polar surface area (TPSA) is 55.1 Å². The number of thioether (sulfide) groups is 1. The lowest BCUT2D eigenvalue weighted by atomic mass is 10.1. The number of carboxylic acids is 1. The lowest BCUT2D eigenvalue weighted by Gasteiger charge is -2.11. The molecule has 1 heterocycles. The number of nitrogens with zero attached hydrogens (tertiary/aromatic N) is 2. The SMILES string of the molecule is CSCc1c(C(=O)O)nn(-c2ccc(Cl)cc2Cl)c1-c1ccc(Cl)cc1.Cl. The molecule has 0 amide bonds. The molecule has 1 N–H and O–H groups in total. The highest BCUT2D eigenvalue weighted by molar-refractivity contribution is 7.97. The fourth-order valence-electron chi connectivity index (χ4n) is 2.63. The summed E-state index contributed by atoms with van der Waals surface area (Å²) in [6.07, 6.45) is 1.91. The van der Waals surface area contributed by atoms with Crippen LogP contribution in [-0.4, -0.2) is 27.1 Å². The van der Waals surface area contributed by atoms with Crippen molar-refractivity contribution in [1.82, 2.24) is 9.78 Å². The molecule has 1 aromatic heterocycles. The van der Waals surface area contributed by atoms with Crippen LogP contribution in [0.25, 0.3) is 16.9 Å². The van der Waals surface area contributed by atoms with Crippen molar-refractivity contribution in [1.29, 1.82) is 0 Å². The van der Waals surface area contributed by atoms with Gasteiger partial charge in [-0.3, -0.25) is 0 Å². The van der Waals surface area contributed by atoms with Crippen molar-refractivity contribution in [3.8, 4) is 16.9 Å². The molecule has 142 valence electrons. The molecule has 3 aromatic rings. The van der Waals surface area contributed by atoms with Gasteiger partial charge in [0.05, 0.1) is 16.4 Å². The largest absolute Gasteiger partial charge is 0.476 e. The molecule has 0 unspecified atom stereocenters. The molecule has 27 heavy (non-hydrogen) atoms. The van der Waals surface area contributed by atoms with Crippen molar-refractivity contribution in [2.24, 2.45) is 0 Å². The highest BCUT2D eigenvalue weighted by Crippen LogP contribution is 2.35. The van der Waals surface area contributed by atoms with Crippen molar-refractivity contribution in [3.05, 3.63) is 68.8 Å². The first-order valence-corrected chi connectivity index (χ1v) is 10.0. The zero-order chi connectivity index (χ0) is 18.8. The molecular weight excluding hydrogens is 450 g/mol. The van der Waals surface area contributed by atoms with Gasteiger partial charge in [0.1, 0.15) is 0 Å². The number of aromatic nitrogens is 2. The van der Waals surface area contributed by atoms with Crippen LogP contribution in [0.1, 0.15) is 16.1 Å². The predicted molar refractivity (Wildman–Crippen MR) is 115 cm³/mol. The normalized spacial score (nSPS) is 10.5. The van der Waals surface area contributed by atoms with Gasteiger partial charge in [-0.25, -0.2) is 9.48 Å². The summed E-state index contributed by atoms with van der Waals surface area (Å²) >= 11 is 19.9. The average molecular weight is 464 g/mol. The second-order valence-corrected chi connectivity index (χ2v) is 7.57. The number of hydrogen-bond donors (Lipinski definition) is 1. The van der Waals surface area contributed by atoms with Crippen LogP contribution in [0.4, 0.5) is 0 Å². The predicted octanol–water partition coefficient (Wildman–Crippen LogP) is 6.48. The smallest absolute Gasteiger partial charge is 0.356 e. The van der Waals surface area contributed by atoms with Crippen molar-refractivity contribution >= 4 is 64.9 Å². The van der Waals surface area contributed by atoms with Crippen LogP contribution in [-0.2, 0) is 5.75 Å². The van der Waals surface area contributed by atoms with Gasteiger partial charge in [-0.2, -0.15) is 16.9 Å². The van der Waals surface area contributed by atoms with Crippen molar-refractivity contribution in [3.63, 3.8) is 0 Å². The Bertz CT molecular complexity index is 974. The van der Waals surface area contributed by atoms with Crippen molar-refractivity contribution in [2.75, 3.05) is 6.26 Å². The van der Waals surface area contributed by atoms with Gasteiger partial charge >= 0.3 is 5.97 Å². The Morgan fingerprint density at radius 3 is 2.30 bits per heavy atom. The number of aromatic carboxylic acids is 1. The first-order valence-electron chi connectivity index (χ1n) is 7.48. The summed E-state index contributed by atoms with van der Waals surface area (Å²) in [6.45, 7) is 0. The van der Waals surface area contributed by atoms with E-state index < -0.39 is 5.97 Å². The second-order valence-electron chi connectivity index (χ2n) is 5.43. The minimum absolute atomic E-state index is 0. The lowest BCUT2D eigenvalue weighted by Crippen LogP contribution is -2.03. The number of hydrogen-bond acceptors (Lipinski definition) is 3. The minimum Gasteiger partial charge on any atom is -0.476 e. The molecule has 0 saturated heterocycles. The molecule has 0 aliphatic rings. The maximum atomic E-state index is 11.8. The molecule has 4 nitrogen and oxygen atoms in total. The van der Waals surface area contributed by atoms with Gasteiger partial charge < -0.3 is 5.11 Å². The standard InChI is InChI=1S/C18H13Cl3N2O2S.ClH/c1-26-9-13-16(18(24)25)22-23(15-7-6-12(20)8-14(15)21)17(13)10-2-4-11(19)5-3-10;/h2-8H,9H2,1H3,(H,24,25);1H. The number of carboxylic acid groups (broad SMARTS) is 1. The summed E-state index contributed by atoms with van der Waals surface area (Å²) in [4.78, 5) is 11.8. The van der Waals surface area contributed by atoms with Crippen LogP contribution in [0.5, 0.6) is 0 Å². The van der Waals surface area contributed by atoms with E-state index in [4.69, 9.17) is 34.8 Å². The maximum Gasteiger partial charge on any atom is 0.356 e. The molecule has 0 radical (unpaired) electrons. The van der Waals surface area contributed by atoms with Gasteiger partial charge in [-0.15, -0.1) is 12.4 Å². The summed E-state index contributed by atoms with van der Waals surface area (Å²) in [5.74, 6) is -0.599. The zero-order valence-corrected chi connectivity index (χ0v) is 17.8. The van der Waals surface area contributed by atoms with E-state index in [1.165, 1.54) is 11.8 Å². The van der Waals surface area contributed by atoms with E-state index in [0.717, 1.165) is 5.56 Å². The van der Waals surface area contributed by atoms with E-state index in [1.807, 2.05) is 18.4 Å². The Labute approximate surface area is 181 Å². The molecule has 0 spiro atoms. The summed E-state index contributed by atoms with van der Waals surface area (Å²) in [6, 6.07) is 12.2. The second kappa shape index (κ2) is 9.22. The maximum absolute atomic E-state index is 11.8. The van der Waals surface area contributed by atoms with Crippen LogP contribution in [0.2, 0.25) is 15.1 Å². The van der Waals surface area contributed by atoms with Crippen molar-refractivity contribution in [2.45, 2.75) is 5.75 Å². The number of halogens is 4. The summed E-state index contributed by atoms with van der Waals surface area (Å²) < 4.78 is 1.55. The van der Waals surface area contributed by atoms with E-state index in [9.17, 15) is 9.90 Å². The fourth-order valence-corrected chi connectivity index (χ4v) is 3.81. The molecule has 0 fully saturated rings. The Hall–Kier alpha value is -1.37. The van der Waals surface area contributed by atoms with Crippen LogP contribution >= 0.6 is 59.0 Å².